The molecular weight excluding hydrogens is 368 g/mol. The highest BCUT2D eigenvalue weighted by atomic mass is 16.1. The van der Waals surface area contributed by atoms with Gasteiger partial charge < -0.3 is 4.98 Å². The van der Waals surface area contributed by atoms with Crippen LogP contribution in [0, 0.1) is 5.92 Å². The second kappa shape index (κ2) is 8.06. The zero-order valence-electron chi connectivity index (χ0n) is 18.3. The largest absolute Gasteiger partial charge is 0.326 e. The second-order valence-corrected chi connectivity index (χ2v) is 8.74. The van der Waals surface area contributed by atoms with Crippen molar-refractivity contribution in [2.45, 2.75) is 52.0 Å². The minimum Gasteiger partial charge on any atom is -0.326 e. The molecule has 4 rings (SSSR count). The molecule has 0 saturated heterocycles. The molecule has 154 valence electrons. The number of nitrogens with one attached hydrogen (secondary N) is 1. The number of nitrogens with zero attached hydrogens (tertiary/aromatic N) is 1. The fourth-order valence-electron chi connectivity index (χ4n) is 5.16. The summed E-state index contributed by atoms with van der Waals surface area (Å²) in [5.74, 6) is 0.766. The van der Waals surface area contributed by atoms with Crippen LogP contribution in [0.25, 0.3) is 6.08 Å². The Morgan fingerprint density at radius 2 is 2.00 bits per heavy atom. The minimum absolute atomic E-state index is 0.0410. The average molecular weight is 399 g/mol. The van der Waals surface area contributed by atoms with Gasteiger partial charge in [0, 0.05) is 35.9 Å². The van der Waals surface area contributed by atoms with E-state index in [1.54, 1.807) is 6.07 Å². The number of rotatable bonds is 4. The zero-order valence-corrected chi connectivity index (χ0v) is 18.3. The van der Waals surface area contributed by atoms with E-state index in [2.05, 4.69) is 75.2 Å². The summed E-state index contributed by atoms with van der Waals surface area (Å²) in [6.45, 7) is 8.73. The van der Waals surface area contributed by atoms with Crippen molar-refractivity contribution in [3.05, 3.63) is 98.5 Å². The number of hydrogen-bond acceptors (Lipinski definition) is 2. The van der Waals surface area contributed by atoms with Crippen LogP contribution in [0.15, 0.2) is 75.6 Å². The van der Waals surface area contributed by atoms with Gasteiger partial charge in [0.05, 0.1) is 0 Å². The van der Waals surface area contributed by atoms with Gasteiger partial charge in [-0.3, -0.25) is 9.79 Å². The van der Waals surface area contributed by atoms with Crippen molar-refractivity contribution in [2.75, 3.05) is 0 Å². The van der Waals surface area contributed by atoms with Crippen LogP contribution in [0.4, 0.5) is 0 Å². The lowest BCUT2D eigenvalue weighted by atomic mass is 9.63. The van der Waals surface area contributed by atoms with Crippen molar-refractivity contribution in [3.63, 3.8) is 0 Å². The molecule has 2 aliphatic carbocycles. The molecule has 2 atom stereocenters. The molecule has 0 fully saturated rings. The molecule has 0 amide bonds. The van der Waals surface area contributed by atoms with E-state index in [0.29, 0.717) is 5.92 Å². The third-order valence-electron chi connectivity index (χ3n) is 6.35. The molecule has 2 aromatic rings. The van der Waals surface area contributed by atoms with E-state index in [0.717, 1.165) is 24.1 Å². The lowest BCUT2D eigenvalue weighted by Crippen LogP contribution is -2.40. The van der Waals surface area contributed by atoms with Crippen molar-refractivity contribution in [3.8, 4) is 0 Å². The van der Waals surface area contributed by atoms with Gasteiger partial charge in [-0.1, -0.05) is 61.9 Å². The van der Waals surface area contributed by atoms with Crippen LogP contribution in [0.5, 0.6) is 0 Å². The number of aromatic nitrogens is 1. The van der Waals surface area contributed by atoms with E-state index < -0.39 is 5.54 Å². The molecule has 0 aliphatic heterocycles. The molecule has 0 saturated carbocycles. The van der Waals surface area contributed by atoms with Crippen LogP contribution in [-0.4, -0.2) is 11.2 Å². The zero-order chi connectivity index (χ0) is 21.3. The normalized spacial score (nSPS) is 24.6. The Labute approximate surface area is 179 Å². The summed E-state index contributed by atoms with van der Waals surface area (Å²) in [5.41, 5.74) is 6.94. The molecule has 1 N–H and O–H groups in total. The van der Waals surface area contributed by atoms with E-state index >= 15 is 0 Å². The van der Waals surface area contributed by atoms with Gasteiger partial charge >= 0.3 is 0 Å². The number of aromatic amines is 1. The first-order valence-corrected chi connectivity index (χ1v) is 10.8. The molecule has 30 heavy (non-hydrogen) atoms. The first-order valence-electron chi connectivity index (χ1n) is 10.8. The summed E-state index contributed by atoms with van der Waals surface area (Å²) in [4.78, 5) is 20.2. The number of H-pyrrole nitrogens is 1. The first-order chi connectivity index (χ1) is 14.4. The van der Waals surface area contributed by atoms with Crippen LogP contribution in [-0.2, 0) is 12.0 Å². The smallest absolute Gasteiger partial charge is 0.248 e. The van der Waals surface area contributed by atoms with Crippen molar-refractivity contribution >= 4 is 12.3 Å². The van der Waals surface area contributed by atoms with Crippen molar-refractivity contribution < 1.29 is 0 Å². The number of benzene rings is 1. The maximum absolute atomic E-state index is 11.9. The topological polar surface area (TPSA) is 45.2 Å². The van der Waals surface area contributed by atoms with E-state index in [4.69, 9.17) is 4.99 Å². The fraction of sp³-hybridized carbons (Fsp3) is 0.333. The van der Waals surface area contributed by atoms with Gasteiger partial charge in [0.15, 0.2) is 0 Å². The summed E-state index contributed by atoms with van der Waals surface area (Å²) in [5, 5.41) is 0. The Kier molecular flexibility index (Phi) is 5.46. The lowest BCUT2D eigenvalue weighted by Gasteiger charge is -2.45. The van der Waals surface area contributed by atoms with E-state index in [1.165, 1.54) is 22.3 Å². The predicted octanol–water partition coefficient (Wildman–Crippen LogP) is 5.95. The van der Waals surface area contributed by atoms with E-state index in [1.807, 2.05) is 18.4 Å². The Balaban J connectivity index is 1.76. The number of fused-ring (bicyclic) bond motifs is 4. The van der Waals surface area contributed by atoms with Crippen LogP contribution in [0.2, 0.25) is 0 Å². The summed E-state index contributed by atoms with van der Waals surface area (Å²) >= 11 is 0. The molecule has 2 bridgehead atoms. The molecule has 2 aliphatic rings. The molecule has 3 heteroatoms. The molecule has 0 radical (unpaired) electrons. The molecule has 0 unspecified atom stereocenters. The summed E-state index contributed by atoms with van der Waals surface area (Å²) in [7, 11) is 0. The van der Waals surface area contributed by atoms with Gasteiger partial charge in [-0.15, -0.1) is 0 Å². The van der Waals surface area contributed by atoms with Crippen LogP contribution in [0.1, 0.15) is 62.4 Å². The maximum Gasteiger partial charge on any atom is 0.248 e. The van der Waals surface area contributed by atoms with Crippen molar-refractivity contribution in [2.24, 2.45) is 10.9 Å². The Hall–Kier alpha value is -2.94. The van der Waals surface area contributed by atoms with Crippen molar-refractivity contribution in [1.29, 1.82) is 0 Å². The Bertz CT molecular complexity index is 1130. The predicted molar refractivity (Wildman–Crippen MR) is 126 cm³/mol. The monoisotopic (exact) mass is 398 g/mol. The van der Waals surface area contributed by atoms with E-state index in [9.17, 15) is 4.79 Å². The van der Waals surface area contributed by atoms with Gasteiger partial charge in [0.1, 0.15) is 5.54 Å². The summed E-state index contributed by atoms with van der Waals surface area (Å²) < 4.78 is 0. The second-order valence-electron chi connectivity index (χ2n) is 8.74. The number of allylic oxidation sites excluding steroid dienone is 3. The summed E-state index contributed by atoms with van der Waals surface area (Å²) in [6, 6.07) is 12.1. The highest BCUT2D eigenvalue weighted by Gasteiger charge is 2.46. The molecule has 1 aromatic heterocycles. The van der Waals surface area contributed by atoms with Gasteiger partial charge in [-0.25, -0.2) is 0 Å². The average Bonchev–Trinajstić information content (AvgIpc) is 2.70. The van der Waals surface area contributed by atoms with Crippen LogP contribution < -0.4 is 5.56 Å². The first kappa shape index (κ1) is 20.3. The molecule has 1 heterocycles. The van der Waals surface area contributed by atoms with Gasteiger partial charge in [-0.2, -0.15) is 0 Å². The Morgan fingerprint density at radius 1 is 1.20 bits per heavy atom. The summed E-state index contributed by atoms with van der Waals surface area (Å²) in [6.07, 6.45) is 12.4. The molecule has 1 aromatic carbocycles. The SMILES string of the molecule is CC=C1[C@H]2C=C(C)C[C@]1(N=CC=Cc1ccccc1C(C)C)c1ccc(=O)[nH]c1C2. The quantitative estimate of drug-likeness (QED) is 0.502. The standard InChI is InChI=1S/C27H30N2O/c1-5-23-21-15-19(4)17-27(23,24-12-13-26(30)29-25(24)16-21)28-14-8-10-20-9-6-7-11-22(20)18(2)3/h5-15,18,21H,16-17H2,1-4H3,(H,29,30)/t21-,27+/m0/s1. The fourth-order valence-corrected chi connectivity index (χ4v) is 5.16. The van der Waals surface area contributed by atoms with E-state index in [-0.39, 0.29) is 11.5 Å². The van der Waals surface area contributed by atoms with Gasteiger partial charge in [0.2, 0.25) is 5.56 Å². The number of hydrogen-bond donors (Lipinski definition) is 1. The van der Waals surface area contributed by atoms with Crippen molar-refractivity contribution in [1.82, 2.24) is 4.98 Å². The lowest BCUT2D eigenvalue weighted by molar-refractivity contribution is 0.413. The molecular formula is C27H30N2O. The van der Waals surface area contributed by atoms with Crippen LogP contribution >= 0.6 is 0 Å². The highest BCUT2D eigenvalue weighted by molar-refractivity contribution is 5.80. The van der Waals surface area contributed by atoms with Gasteiger partial charge in [-0.05, 0) is 55.0 Å². The van der Waals surface area contributed by atoms with Crippen LogP contribution in [0.3, 0.4) is 0 Å². The minimum atomic E-state index is -0.433. The highest BCUT2D eigenvalue weighted by Crippen LogP contribution is 2.51. The maximum atomic E-state index is 11.9. The number of pyridine rings is 1. The molecule has 0 spiro atoms. The number of aliphatic imine (C=N–C) groups is 1. The van der Waals surface area contributed by atoms with Gasteiger partial charge in [0.25, 0.3) is 0 Å². The Morgan fingerprint density at radius 3 is 2.77 bits per heavy atom. The molecule has 3 nitrogen and oxygen atoms in total. The third-order valence-corrected chi connectivity index (χ3v) is 6.35. The third kappa shape index (κ3) is 3.54.